The summed E-state index contributed by atoms with van der Waals surface area (Å²) < 4.78 is 0. The first-order valence-corrected chi connectivity index (χ1v) is 7.71. The number of carbonyl (C=O) groups is 1. The predicted octanol–water partition coefficient (Wildman–Crippen LogP) is 4.70. The fourth-order valence-corrected chi connectivity index (χ4v) is 3.87. The van der Waals surface area contributed by atoms with E-state index in [0.29, 0.717) is 12.0 Å². The predicted molar refractivity (Wildman–Crippen MR) is 85.9 cm³/mol. The van der Waals surface area contributed by atoms with Gasteiger partial charge in [0.25, 0.3) is 0 Å². The maximum absolute atomic E-state index is 11.1. The summed E-state index contributed by atoms with van der Waals surface area (Å²) in [5, 5.41) is 0. The summed E-state index contributed by atoms with van der Waals surface area (Å²) >= 11 is 0. The number of rotatable bonds is 3. The van der Waals surface area contributed by atoms with E-state index in [1.165, 1.54) is 16.8 Å². The molecule has 0 aliphatic carbocycles. The Morgan fingerprint density at radius 2 is 2.10 bits per heavy atom. The molecule has 0 fully saturated rings. The van der Waals surface area contributed by atoms with Crippen LogP contribution >= 0.6 is 0 Å². The molecule has 0 N–H and O–H groups in total. The molecule has 1 aromatic carbocycles. The van der Waals surface area contributed by atoms with Crippen molar-refractivity contribution in [3.63, 3.8) is 0 Å². The molecule has 2 atom stereocenters. The number of fused-ring (bicyclic) bond motifs is 1. The van der Waals surface area contributed by atoms with E-state index in [1.807, 2.05) is 6.07 Å². The highest BCUT2D eigenvalue weighted by Gasteiger charge is 2.39. The second-order valence-corrected chi connectivity index (χ2v) is 6.94. The van der Waals surface area contributed by atoms with Crippen molar-refractivity contribution in [3.05, 3.63) is 28.8 Å². The fourth-order valence-electron chi connectivity index (χ4n) is 3.87. The summed E-state index contributed by atoms with van der Waals surface area (Å²) in [4.78, 5) is 13.7. The van der Waals surface area contributed by atoms with Gasteiger partial charge in [0.2, 0.25) is 0 Å². The van der Waals surface area contributed by atoms with Crippen LogP contribution in [-0.2, 0) is 0 Å². The van der Waals surface area contributed by atoms with E-state index in [2.05, 4.69) is 52.5 Å². The Balaban J connectivity index is 2.67. The summed E-state index contributed by atoms with van der Waals surface area (Å²) in [6.45, 7) is 13.6. The lowest BCUT2D eigenvalue weighted by Crippen LogP contribution is -2.53. The van der Waals surface area contributed by atoms with Crippen molar-refractivity contribution in [1.29, 1.82) is 0 Å². The molecule has 1 heterocycles. The molecule has 110 valence electrons. The van der Waals surface area contributed by atoms with Crippen molar-refractivity contribution >= 4 is 12.0 Å². The van der Waals surface area contributed by atoms with Crippen LogP contribution in [0.4, 0.5) is 5.69 Å². The largest absolute Gasteiger partial charge is 0.363 e. The van der Waals surface area contributed by atoms with Crippen LogP contribution < -0.4 is 4.90 Å². The molecule has 0 saturated heterocycles. The first-order chi connectivity index (χ1) is 9.31. The number of nitrogens with zero attached hydrogens (tertiary/aromatic N) is 1. The van der Waals surface area contributed by atoms with Crippen LogP contribution in [0, 0.1) is 6.92 Å². The number of benzene rings is 1. The van der Waals surface area contributed by atoms with Crippen molar-refractivity contribution in [3.8, 4) is 0 Å². The molecule has 0 unspecified atom stereocenters. The number of hydrogen-bond acceptors (Lipinski definition) is 2. The number of anilines is 1. The fraction of sp³-hybridized carbons (Fsp3) is 0.611. The van der Waals surface area contributed by atoms with E-state index in [1.54, 1.807) is 0 Å². The maximum Gasteiger partial charge on any atom is 0.150 e. The Bertz CT molecular complexity index is 518. The molecule has 0 aromatic heterocycles. The van der Waals surface area contributed by atoms with Crippen molar-refractivity contribution in [1.82, 2.24) is 0 Å². The molecular weight excluding hydrogens is 246 g/mol. The van der Waals surface area contributed by atoms with Gasteiger partial charge in [0.05, 0.1) is 0 Å². The molecule has 2 rings (SSSR count). The Morgan fingerprint density at radius 3 is 2.65 bits per heavy atom. The van der Waals surface area contributed by atoms with E-state index in [0.717, 1.165) is 24.7 Å². The van der Waals surface area contributed by atoms with Gasteiger partial charge in [-0.2, -0.15) is 0 Å². The van der Waals surface area contributed by atoms with Crippen LogP contribution in [0.25, 0.3) is 0 Å². The van der Waals surface area contributed by atoms with Gasteiger partial charge < -0.3 is 4.90 Å². The maximum atomic E-state index is 11.1. The smallest absolute Gasteiger partial charge is 0.150 e. The molecule has 20 heavy (non-hydrogen) atoms. The molecule has 1 aromatic rings. The van der Waals surface area contributed by atoms with Crippen molar-refractivity contribution in [2.24, 2.45) is 0 Å². The normalized spacial score (nSPS) is 22.3. The zero-order valence-corrected chi connectivity index (χ0v) is 13.7. The van der Waals surface area contributed by atoms with Crippen LogP contribution in [0.3, 0.4) is 0 Å². The third-order valence-electron chi connectivity index (χ3n) is 4.75. The lowest BCUT2D eigenvalue weighted by atomic mass is 9.77. The molecular formula is C18H27NO. The van der Waals surface area contributed by atoms with Crippen LogP contribution in [0.1, 0.15) is 74.9 Å². The number of hydrogen-bond donors (Lipinski definition) is 0. The molecule has 2 nitrogen and oxygen atoms in total. The van der Waals surface area contributed by atoms with Crippen LogP contribution in [0.15, 0.2) is 12.1 Å². The van der Waals surface area contributed by atoms with Gasteiger partial charge in [-0.1, -0.05) is 13.8 Å². The molecule has 0 amide bonds. The first kappa shape index (κ1) is 15.1. The van der Waals surface area contributed by atoms with Gasteiger partial charge in [-0.25, -0.2) is 0 Å². The molecule has 1 aliphatic rings. The summed E-state index contributed by atoms with van der Waals surface area (Å²) in [5.74, 6) is 0.499. The average Bonchev–Trinajstić information content (AvgIpc) is 2.38. The van der Waals surface area contributed by atoms with Crippen molar-refractivity contribution in [2.75, 3.05) is 4.90 Å². The van der Waals surface area contributed by atoms with Gasteiger partial charge in [-0.05, 0) is 69.7 Å². The minimum Gasteiger partial charge on any atom is -0.363 e. The number of carbonyl (C=O) groups excluding carboxylic acids is 1. The van der Waals surface area contributed by atoms with Gasteiger partial charge in [-0.3, -0.25) is 4.79 Å². The highest BCUT2D eigenvalue weighted by atomic mass is 16.1. The lowest BCUT2D eigenvalue weighted by molar-refractivity contribution is 0.112. The molecule has 1 aliphatic heterocycles. The number of aldehydes is 1. The van der Waals surface area contributed by atoms with E-state index in [9.17, 15) is 4.79 Å². The van der Waals surface area contributed by atoms with Crippen LogP contribution in [-0.4, -0.2) is 17.9 Å². The van der Waals surface area contributed by atoms with Gasteiger partial charge in [0.15, 0.2) is 0 Å². The Hall–Kier alpha value is -1.31. The quantitative estimate of drug-likeness (QED) is 0.744. The molecule has 0 saturated carbocycles. The summed E-state index contributed by atoms with van der Waals surface area (Å²) in [6, 6.07) is 4.62. The lowest BCUT2D eigenvalue weighted by Gasteiger charge is -2.51. The van der Waals surface area contributed by atoms with Gasteiger partial charge in [0.1, 0.15) is 6.29 Å². The van der Waals surface area contributed by atoms with Gasteiger partial charge >= 0.3 is 0 Å². The Labute approximate surface area is 123 Å². The third-order valence-corrected chi connectivity index (χ3v) is 4.75. The highest BCUT2D eigenvalue weighted by Crippen LogP contribution is 2.46. The molecule has 0 radical (unpaired) electrons. The summed E-state index contributed by atoms with van der Waals surface area (Å²) in [7, 11) is 0. The standard InChI is InChI=1S/C18H27NO/c1-7-14(4)19-17-12(2)8-15(11-20)9-16(17)13(3)10-18(19,5)6/h8-9,11,13-14H,7,10H2,1-6H3/t13-,14+/m0/s1. The SMILES string of the molecule is CC[C@@H](C)N1c2c(C)cc(C=O)cc2[C@@H](C)CC1(C)C. The third kappa shape index (κ3) is 2.36. The minimum absolute atomic E-state index is 0.162. The van der Waals surface area contributed by atoms with Gasteiger partial charge in [0, 0.05) is 22.8 Å². The van der Waals surface area contributed by atoms with E-state index >= 15 is 0 Å². The average molecular weight is 273 g/mol. The number of aryl methyl sites for hydroxylation is 1. The van der Waals surface area contributed by atoms with Crippen molar-refractivity contribution in [2.45, 2.75) is 71.9 Å². The van der Waals surface area contributed by atoms with Crippen LogP contribution in [0.2, 0.25) is 0 Å². The second kappa shape index (κ2) is 5.23. The van der Waals surface area contributed by atoms with E-state index < -0.39 is 0 Å². The Morgan fingerprint density at radius 1 is 1.45 bits per heavy atom. The van der Waals surface area contributed by atoms with E-state index in [4.69, 9.17) is 0 Å². The monoisotopic (exact) mass is 273 g/mol. The second-order valence-electron chi connectivity index (χ2n) is 6.94. The molecule has 2 heteroatoms. The van der Waals surface area contributed by atoms with Gasteiger partial charge in [-0.15, -0.1) is 0 Å². The summed E-state index contributed by atoms with van der Waals surface area (Å²) in [6.07, 6.45) is 3.23. The zero-order chi connectivity index (χ0) is 15.1. The topological polar surface area (TPSA) is 20.3 Å². The Kier molecular flexibility index (Phi) is 3.95. The minimum atomic E-state index is 0.162. The highest BCUT2D eigenvalue weighted by molar-refractivity contribution is 5.79. The van der Waals surface area contributed by atoms with E-state index in [-0.39, 0.29) is 5.54 Å². The van der Waals surface area contributed by atoms with Crippen LogP contribution in [0.5, 0.6) is 0 Å². The zero-order valence-electron chi connectivity index (χ0n) is 13.7. The molecule has 0 bridgehead atoms. The van der Waals surface area contributed by atoms with Crippen molar-refractivity contribution < 1.29 is 4.79 Å². The molecule has 0 spiro atoms. The summed E-state index contributed by atoms with van der Waals surface area (Å²) in [5.41, 5.74) is 4.89. The first-order valence-electron chi connectivity index (χ1n) is 7.71.